The van der Waals surface area contributed by atoms with Crippen molar-refractivity contribution in [1.29, 1.82) is 0 Å². The molecule has 1 aliphatic carbocycles. The third-order valence-corrected chi connectivity index (χ3v) is 6.96. The summed E-state index contributed by atoms with van der Waals surface area (Å²) < 4.78 is 0.638. The van der Waals surface area contributed by atoms with Crippen LogP contribution in [0.3, 0.4) is 0 Å². The van der Waals surface area contributed by atoms with Gasteiger partial charge in [0.25, 0.3) is 0 Å². The fraction of sp³-hybridized carbons (Fsp3) is 0.0417. The fourth-order valence-corrected chi connectivity index (χ4v) is 5.10. The molecule has 0 fully saturated rings. The zero-order valence-electron chi connectivity index (χ0n) is 17.1. The van der Waals surface area contributed by atoms with Crippen molar-refractivity contribution in [2.75, 3.05) is 16.4 Å². The van der Waals surface area contributed by atoms with Crippen LogP contribution in [0.2, 0.25) is 0 Å². The fourth-order valence-electron chi connectivity index (χ4n) is 3.53. The van der Waals surface area contributed by atoms with Gasteiger partial charge in [0.15, 0.2) is 15.9 Å². The number of carbonyl (C=O) groups is 3. The predicted octanol–water partition coefficient (Wildman–Crippen LogP) is 4.79. The molecule has 33 heavy (non-hydrogen) atoms. The molecule has 0 radical (unpaired) electrons. The van der Waals surface area contributed by atoms with E-state index < -0.39 is 0 Å². The Morgan fingerprint density at radius 1 is 0.818 bits per heavy atom. The van der Waals surface area contributed by atoms with Gasteiger partial charge in [-0.05, 0) is 18.2 Å². The Bertz CT molecular complexity index is 1390. The van der Waals surface area contributed by atoms with Crippen LogP contribution in [0.1, 0.15) is 31.8 Å². The Hall–Kier alpha value is -3.82. The largest absolute Gasteiger partial charge is 0.330 e. The quantitative estimate of drug-likeness (QED) is 0.343. The number of hydrogen-bond donors (Lipinski definition) is 2. The van der Waals surface area contributed by atoms with Crippen molar-refractivity contribution in [2.24, 2.45) is 0 Å². The summed E-state index contributed by atoms with van der Waals surface area (Å²) in [6.45, 7) is 0. The summed E-state index contributed by atoms with van der Waals surface area (Å²) in [5, 5.41) is 14.8. The molecule has 0 unspecified atom stereocenters. The average molecular weight is 473 g/mol. The van der Waals surface area contributed by atoms with Gasteiger partial charge < -0.3 is 10.6 Å². The normalized spacial score (nSPS) is 12.1. The number of benzene rings is 3. The number of hydrogen-bond acceptors (Lipinski definition) is 8. The van der Waals surface area contributed by atoms with Gasteiger partial charge >= 0.3 is 0 Å². The molecule has 0 bridgehead atoms. The number of nitrogens with zero attached hydrogens (tertiary/aromatic N) is 2. The molecule has 0 aliphatic heterocycles. The van der Waals surface area contributed by atoms with E-state index in [1.807, 2.05) is 30.3 Å². The van der Waals surface area contributed by atoms with Gasteiger partial charge in [-0.15, -0.1) is 10.2 Å². The van der Waals surface area contributed by atoms with Crippen LogP contribution in [0, 0.1) is 0 Å². The summed E-state index contributed by atoms with van der Waals surface area (Å²) in [5.74, 6) is -0.717. The molecular formula is C24H16N4O3S2. The number of rotatable bonds is 6. The molecule has 7 nitrogen and oxygen atoms in total. The Labute approximate surface area is 197 Å². The molecule has 2 N–H and O–H groups in total. The molecule has 1 amide bonds. The number of amides is 1. The first-order valence-electron chi connectivity index (χ1n) is 10.00. The molecule has 4 aromatic rings. The standard InChI is InChI=1S/C24H16N4O3S2/c29-19(13-32-24-28-27-23(33-24)25-14-7-2-1-3-8-14)26-18-12-6-11-17-20(18)22(31)16-10-5-4-9-15(16)21(17)30/h1-12H,13H2,(H,25,27)(H,26,29). The molecule has 0 saturated heterocycles. The van der Waals surface area contributed by atoms with Gasteiger partial charge in [-0.1, -0.05) is 77.7 Å². The maximum Gasteiger partial charge on any atom is 0.234 e. The zero-order valence-corrected chi connectivity index (χ0v) is 18.7. The maximum absolute atomic E-state index is 13.1. The van der Waals surface area contributed by atoms with E-state index in [2.05, 4.69) is 20.8 Å². The van der Waals surface area contributed by atoms with Gasteiger partial charge in [0, 0.05) is 22.4 Å². The Balaban J connectivity index is 1.27. The smallest absolute Gasteiger partial charge is 0.234 e. The molecule has 0 saturated carbocycles. The van der Waals surface area contributed by atoms with Crippen LogP contribution in [0.15, 0.2) is 77.1 Å². The van der Waals surface area contributed by atoms with E-state index in [0.717, 1.165) is 5.69 Å². The summed E-state index contributed by atoms with van der Waals surface area (Å²) in [6.07, 6.45) is 0. The number of anilines is 3. The van der Waals surface area contributed by atoms with Crippen LogP contribution < -0.4 is 10.6 Å². The van der Waals surface area contributed by atoms with Crippen LogP contribution in [0.5, 0.6) is 0 Å². The van der Waals surface area contributed by atoms with Gasteiger partial charge in [0.1, 0.15) is 0 Å². The third-order valence-electron chi connectivity index (χ3n) is 4.98. The molecule has 0 spiro atoms. The van der Waals surface area contributed by atoms with Gasteiger partial charge in [0.05, 0.1) is 17.0 Å². The first-order valence-corrected chi connectivity index (χ1v) is 11.8. The lowest BCUT2D eigenvalue weighted by atomic mass is 9.83. The molecule has 5 rings (SSSR count). The van der Waals surface area contributed by atoms with Crippen molar-refractivity contribution in [1.82, 2.24) is 10.2 Å². The number of aromatic nitrogens is 2. The highest BCUT2D eigenvalue weighted by Gasteiger charge is 2.31. The SMILES string of the molecule is O=C(CSc1nnc(Nc2ccccc2)s1)Nc1cccc2c1C(=O)c1ccccc1C2=O. The number of thioether (sulfide) groups is 1. The zero-order chi connectivity index (χ0) is 22.8. The van der Waals surface area contributed by atoms with E-state index in [4.69, 9.17) is 0 Å². The second kappa shape index (κ2) is 8.97. The maximum atomic E-state index is 13.1. The summed E-state index contributed by atoms with van der Waals surface area (Å²) >= 11 is 2.59. The predicted molar refractivity (Wildman–Crippen MR) is 129 cm³/mol. The van der Waals surface area contributed by atoms with E-state index >= 15 is 0 Å². The highest BCUT2D eigenvalue weighted by Crippen LogP contribution is 2.32. The number of nitrogens with one attached hydrogen (secondary N) is 2. The molecule has 3 aromatic carbocycles. The van der Waals surface area contributed by atoms with E-state index in [-0.39, 0.29) is 28.8 Å². The number of ketones is 2. The first kappa shape index (κ1) is 21.0. The Morgan fingerprint density at radius 2 is 1.52 bits per heavy atom. The highest BCUT2D eigenvalue weighted by atomic mass is 32.2. The number of carbonyl (C=O) groups excluding carboxylic acids is 3. The molecule has 162 valence electrons. The van der Waals surface area contributed by atoms with Gasteiger partial charge in [-0.2, -0.15) is 0 Å². The topological polar surface area (TPSA) is 101 Å². The summed E-state index contributed by atoms with van der Waals surface area (Å²) in [6, 6.07) is 21.2. The lowest BCUT2D eigenvalue weighted by Gasteiger charge is -2.20. The van der Waals surface area contributed by atoms with Gasteiger partial charge in [-0.3, -0.25) is 14.4 Å². The molecule has 9 heteroatoms. The third kappa shape index (κ3) is 4.28. The summed E-state index contributed by atoms with van der Waals surface area (Å²) in [7, 11) is 0. The summed E-state index contributed by atoms with van der Waals surface area (Å²) in [4.78, 5) is 38.5. The van der Waals surface area contributed by atoms with Crippen molar-refractivity contribution in [3.05, 3.63) is 95.1 Å². The minimum atomic E-state index is -0.305. The van der Waals surface area contributed by atoms with Crippen molar-refractivity contribution < 1.29 is 14.4 Å². The molecule has 1 aromatic heterocycles. The van der Waals surface area contributed by atoms with Crippen LogP contribution in [0.4, 0.5) is 16.5 Å². The minimum Gasteiger partial charge on any atom is -0.330 e. The monoisotopic (exact) mass is 472 g/mol. The van der Waals surface area contributed by atoms with Crippen LogP contribution >= 0.6 is 23.1 Å². The number of fused-ring (bicyclic) bond motifs is 2. The molecule has 0 atom stereocenters. The van der Waals surface area contributed by atoms with Crippen molar-refractivity contribution in [2.45, 2.75) is 4.34 Å². The highest BCUT2D eigenvalue weighted by molar-refractivity contribution is 8.01. The molecular weight excluding hydrogens is 456 g/mol. The van der Waals surface area contributed by atoms with Crippen LogP contribution in [0.25, 0.3) is 0 Å². The number of para-hydroxylation sites is 1. The first-order chi connectivity index (χ1) is 16.1. The second-order valence-electron chi connectivity index (χ2n) is 7.13. The lowest BCUT2D eigenvalue weighted by molar-refractivity contribution is -0.113. The van der Waals surface area contributed by atoms with Crippen molar-refractivity contribution in [3.8, 4) is 0 Å². The molecule has 1 aliphatic rings. The second-order valence-corrected chi connectivity index (χ2v) is 9.33. The Kier molecular flexibility index (Phi) is 5.72. The van der Waals surface area contributed by atoms with Crippen molar-refractivity contribution >= 4 is 57.1 Å². The average Bonchev–Trinajstić information content (AvgIpc) is 3.29. The minimum absolute atomic E-state index is 0.0857. The molecule has 1 heterocycles. The summed E-state index contributed by atoms with van der Waals surface area (Å²) in [5.41, 5.74) is 2.48. The van der Waals surface area contributed by atoms with Crippen LogP contribution in [-0.4, -0.2) is 33.4 Å². The Morgan fingerprint density at radius 3 is 2.30 bits per heavy atom. The van der Waals surface area contributed by atoms with E-state index in [9.17, 15) is 14.4 Å². The van der Waals surface area contributed by atoms with Gasteiger partial charge in [0.2, 0.25) is 11.0 Å². The van der Waals surface area contributed by atoms with E-state index in [1.54, 1.807) is 42.5 Å². The van der Waals surface area contributed by atoms with Gasteiger partial charge in [-0.25, -0.2) is 0 Å². The lowest BCUT2D eigenvalue weighted by Crippen LogP contribution is -2.24. The van der Waals surface area contributed by atoms with Crippen molar-refractivity contribution in [3.63, 3.8) is 0 Å². The van der Waals surface area contributed by atoms with E-state index in [0.29, 0.717) is 31.8 Å². The van der Waals surface area contributed by atoms with Crippen LogP contribution in [-0.2, 0) is 4.79 Å². The van der Waals surface area contributed by atoms with E-state index in [1.165, 1.54) is 23.1 Å².